The van der Waals surface area contributed by atoms with Crippen LogP contribution >= 0.6 is 0 Å². The van der Waals surface area contributed by atoms with E-state index in [1.54, 1.807) is 4.90 Å². The van der Waals surface area contributed by atoms with Gasteiger partial charge >= 0.3 is 0 Å². The standard InChI is InChI=1S/C39H41N5O3/c40-39-37(47)44(31-21-11-4-12-22-31)34(35(45)41-25-28-15-5-1-6-16-28)38(39,36(46)42-26-29-17-7-2-8-18-29)32-23-13-14-24-33(32)43(39)27-30-19-9-3-10-20-30/h1-3,5-10,13-20,23-24,31,34H,4,11-12,21-22,25-27,40H2,(H,41,45)(H,42,46). The zero-order valence-corrected chi connectivity index (χ0v) is 26.5. The minimum atomic E-state index is -1.86. The minimum absolute atomic E-state index is 0.209. The molecule has 2 heterocycles. The molecule has 8 nitrogen and oxygen atoms in total. The molecule has 2 fully saturated rings. The van der Waals surface area contributed by atoms with Crippen molar-refractivity contribution in [3.05, 3.63) is 138 Å². The molecule has 240 valence electrons. The monoisotopic (exact) mass is 627 g/mol. The van der Waals surface area contributed by atoms with Gasteiger partial charge in [-0.1, -0.05) is 128 Å². The van der Waals surface area contributed by atoms with Crippen LogP contribution in [0.1, 0.15) is 54.4 Å². The molecule has 3 unspecified atom stereocenters. The molecular weight excluding hydrogens is 586 g/mol. The molecule has 7 rings (SSSR count). The van der Waals surface area contributed by atoms with Crippen LogP contribution in [0.3, 0.4) is 0 Å². The van der Waals surface area contributed by atoms with Crippen LogP contribution in [-0.2, 0) is 39.4 Å². The van der Waals surface area contributed by atoms with Crippen LogP contribution in [0.25, 0.3) is 0 Å². The maximum Gasteiger partial charge on any atom is 0.265 e. The molecule has 4 aromatic rings. The van der Waals surface area contributed by atoms with E-state index < -0.39 is 23.0 Å². The highest BCUT2D eigenvalue weighted by Crippen LogP contribution is 2.59. The number of fused-ring (bicyclic) bond motifs is 3. The molecule has 47 heavy (non-hydrogen) atoms. The lowest BCUT2D eigenvalue weighted by molar-refractivity contribution is -0.141. The highest BCUT2D eigenvalue weighted by atomic mass is 16.2. The zero-order chi connectivity index (χ0) is 32.4. The van der Waals surface area contributed by atoms with Gasteiger partial charge in [0.25, 0.3) is 5.91 Å². The average Bonchev–Trinajstić information content (AvgIpc) is 3.48. The van der Waals surface area contributed by atoms with Gasteiger partial charge in [-0.05, 0) is 41.2 Å². The number of hydrogen-bond acceptors (Lipinski definition) is 5. The maximum atomic E-state index is 15.2. The van der Waals surface area contributed by atoms with Crippen molar-refractivity contribution in [1.29, 1.82) is 0 Å². The molecule has 4 N–H and O–H groups in total. The number of amides is 3. The van der Waals surface area contributed by atoms with Gasteiger partial charge < -0.3 is 20.4 Å². The molecule has 3 aliphatic rings. The zero-order valence-electron chi connectivity index (χ0n) is 26.5. The minimum Gasteiger partial charge on any atom is -0.351 e. The number of nitrogens with one attached hydrogen (secondary N) is 2. The Morgan fingerprint density at radius 1 is 0.702 bits per heavy atom. The Balaban J connectivity index is 1.40. The van der Waals surface area contributed by atoms with E-state index in [1.807, 2.05) is 120 Å². The highest BCUT2D eigenvalue weighted by molar-refractivity contribution is 6.15. The van der Waals surface area contributed by atoms with Gasteiger partial charge in [0.2, 0.25) is 11.8 Å². The first kappa shape index (κ1) is 30.7. The van der Waals surface area contributed by atoms with Gasteiger partial charge in [0.1, 0.15) is 6.04 Å². The number of rotatable bonds is 9. The van der Waals surface area contributed by atoms with E-state index in [0.717, 1.165) is 48.8 Å². The van der Waals surface area contributed by atoms with E-state index in [-0.39, 0.29) is 30.9 Å². The van der Waals surface area contributed by atoms with Crippen molar-refractivity contribution < 1.29 is 14.4 Å². The summed E-state index contributed by atoms with van der Waals surface area (Å²) in [5.41, 5.74) is 8.04. The number of carbonyl (C=O) groups is 3. The Kier molecular flexibility index (Phi) is 8.28. The average molecular weight is 628 g/mol. The molecule has 4 aromatic carbocycles. The summed E-state index contributed by atoms with van der Waals surface area (Å²) in [7, 11) is 0. The molecule has 0 spiro atoms. The van der Waals surface area contributed by atoms with Crippen molar-refractivity contribution >= 4 is 23.4 Å². The van der Waals surface area contributed by atoms with Crippen LogP contribution in [0, 0.1) is 0 Å². The second-order valence-corrected chi connectivity index (χ2v) is 12.9. The number of nitrogens with zero attached hydrogens (tertiary/aromatic N) is 2. The Morgan fingerprint density at radius 3 is 1.85 bits per heavy atom. The van der Waals surface area contributed by atoms with Crippen molar-refractivity contribution in [2.75, 3.05) is 4.90 Å². The van der Waals surface area contributed by atoms with Crippen LogP contribution in [0.4, 0.5) is 5.69 Å². The van der Waals surface area contributed by atoms with E-state index in [2.05, 4.69) is 10.6 Å². The summed E-state index contributed by atoms with van der Waals surface area (Å²) in [6.45, 7) is 0.788. The molecule has 0 bridgehead atoms. The van der Waals surface area contributed by atoms with E-state index in [4.69, 9.17) is 5.73 Å². The molecule has 1 aliphatic carbocycles. The molecule has 0 radical (unpaired) electrons. The normalized spacial score (nSPS) is 23.7. The predicted molar refractivity (Wildman–Crippen MR) is 182 cm³/mol. The van der Waals surface area contributed by atoms with Crippen LogP contribution in [0.5, 0.6) is 0 Å². The number of nitrogens with two attached hydrogens (primary N) is 1. The van der Waals surface area contributed by atoms with Gasteiger partial charge in [0.15, 0.2) is 11.1 Å². The van der Waals surface area contributed by atoms with Gasteiger partial charge in [-0.3, -0.25) is 20.1 Å². The third-order valence-corrected chi connectivity index (χ3v) is 10.3. The number of anilines is 1. The Morgan fingerprint density at radius 2 is 1.23 bits per heavy atom. The molecule has 3 amide bonds. The van der Waals surface area contributed by atoms with E-state index in [9.17, 15) is 4.79 Å². The van der Waals surface area contributed by atoms with Crippen LogP contribution in [0.15, 0.2) is 115 Å². The number of hydrogen-bond donors (Lipinski definition) is 3. The molecule has 1 saturated carbocycles. The number of para-hydroxylation sites is 1. The topological polar surface area (TPSA) is 108 Å². The van der Waals surface area contributed by atoms with E-state index >= 15 is 9.59 Å². The Labute approximate surface area is 276 Å². The first-order chi connectivity index (χ1) is 23.0. The molecule has 0 aromatic heterocycles. The molecule has 3 atom stereocenters. The van der Waals surface area contributed by atoms with Crippen molar-refractivity contribution in [2.24, 2.45) is 5.73 Å². The summed E-state index contributed by atoms with van der Waals surface area (Å²) in [5, 5.41) is 6.27. The van der Waals surface area contributed by atoms with Crippen LogP contribution < -0.4 is 21.3 Å². The Bertz CT molecular complexity index is 1740. The largest absolute Gasteiger partial charge is 0.351 e. The van der Waals surface area contributed by atoms with Gasteiger partial charge in [-0.2, -0.15) is 0 Å². The van der Waals surface area contributed by atoms with Gasteiger partial charge in [0, 0.05) is 31.4 Å². The fourth-order valence-electron chi connectivity index (χ4n) is 8.07. The first-order valence-electron chi connectivity index (χ1n) is 16.6. The van der Waals surface area contributed by atoms with Crippen molar-refractivity contribution in [1.82, 2.24) is 15.5 Å². The van der Waals surface area contributed by atoms with Crippen LogP contribution in [0.2, 0.25) is 0 Å². The third-order valence-electron chi connectivity index (χ3n) is 10.3. The van der Waals surface area contributed by atoms with Gasteiger partial charge in [-0.15, -0.1) is 0 Å². The van der Waals surface area contributed by atoms with Crippen molar-refractivity contribution in [3.63, 3.8) is 0 Å². The highest BCUT2D eigenvalue weighted by Gasteiger charge is 2.80. The lowest BCUT2D eigenvalue weighted by atomic mass is 9.68. The maximum absolute atomic E-state index is 15.2. The smallest absolute Gasteiger partial charge is 0.265 e. The summed E-state index contributed by atoms with van der Waals surface area (Å²) in [6, 6.07) is 35.3. The summed E-state index contributed by atoms with van der Waals surface area (Å²) in [6.07, 6.45) is 4.48. The summed E-state index contributed by atoms with van der Waals surface area (Å²) in [4.78, 5) is 48.8. The second-order valence-electron chi connectivity index (χ2n) is 12.9. The SMILES string of the molecule is NC12C(=O)N(C3CCCCC3)C(C(=O)NCc3ccccc3)C1(C(=O)NCc1ccccc1)c1ccccc1N2Cc1ccccc1. The molecule has 1 saturated heterocycles. The van der Waals surface area contributed by atoms with E-state index in [1.165, 1.54) is 0 Å². The van der Waals surface area contributed by atoms with Crippen molar-refractivity contribution in [3.8, 4) is 0 Å². The predicted octanol–water partition coefficient (Wildman–Crippen LogP) is 4.78. The second kappa shape index (κ2) is 12.7. The van der Waals surface area contributed by atoms with Gasteiger partial charge in [0.05, 0.1) is 0 Å². The first-order valence-corrected chi connectivity index (χ1v) is 16.6. The number of benzene rings is 4. The lowest BCUT2D eigenvalue weighted by Crippen LogP contribution is -2.72. The summed E-state index contributed by atoms with van der Waals surface area (Å²) < 4.78 is 0. The van der Waals surface area contributed by atoms with Crippen LogP contribution in [-0.4, -0.2) is 40.4 Å². The number of carbonyl (C=O) groups excluding carboxylic acids is 3. The van der Waals surface area contributed by atoms with Gasteiger partial charge in [-0.25, -0.2) is 0 Å². The van der Waals surface area contributed by atoms with Crippen molar-refractivity contribution in [2.45, 2.75) is 74.9 Å². The fourth-order valence-corrected chi connectivity index (χ4v) is 8.07. The molecule has 2 aliphatic heterocycles. The quantitative estimate of drug-likeness (QED) is 0.248. The fraction of sp³-hybridized carbons (Fsp3) is 0.308. The molecular formula is C39H41N5O3. The van der Waals surface area contributed by atoms with E-state index in [0.29, 0.717) is 17.8 Å². The number of likely N-dealkylation sites (tertiary alicyclic amines) is 1. The Hall–Kier alpha value is -4.95. The summed E-state index contributed by atoms with van der Waals surface area (Å²) in [5.74, 6) is -1.20. The summed E-state index contributed by atoms with van der Waals surface area (Å²) >= 11 is 0. The lowest BCUT2D eigenvalue weighted by Gasteiger charge is -2.41. The molecule has 8 heteroatoms. The third kappa shape index (κ3) is 5.08.